The van der Waals surface area contributed by atoms with Crippen LogP contribution in [0.4, 0.5) is 0 Å². The van der Waals surface area contributed by atoms with Crippen LogP contribution in [0.15, 0.2) is 36.1 Å². The molecule has 0 amide bonds. The zero-order valence-electron chi connectivity index (χ0n) is 6.97. The first-order valence-electron chi connectivity index (χ1n) is 3.99. The molecule has 1 aliphatic rings. The average molecular weight is 150 g/mol. The summed E-state index contributed by atoms with van der Waals surface area (Å²) in [5.41, 5.74) is 1.23. The molecule has 0 saturated carbocycles. The van der Waals surface area contributed by atoms with Gasteiger partial charge in [0.25, 0.3) is 0 Å². The lowest BCUT2D eigenvalue weighted by Gasteiger charge is -2.16. The van der Waals surface area contributed by atoms with Gasteiger partial charge in [0.2, 0.25) is 0 Å². The summed E-state index contributed by atoms with van der Waals surface area (Å²) in [5, 5.41) is 0. The number of hydrogen-bond acceptors (Lipinski definition) is 1. The molecule has 0 saturated heterocycles. The highest BCUT2D eigenvalue weighted by Crippen LogP contribution is 2.20. The van der Waals surface area contributed by atoms with E-state index >= 15 is 0 Å². The Bertz CT molecular complexity index is 199. The molecule has 0 atom stereocenters. The van der Waals surface area contributed by atoms with Gasteiger partial charge in [-0.25, -0.2) is 0 Å². The Morgan fingerprint density at radius 1 is 1.55 bits per heavy atom. The monoisotopic (exact) mass is 150 g/mol. The van der Waals surface area contributed by atoms with E-state index in [0.717, 1.165) is 25.2 Å². The van der Waals surface area contributed by atoms with Gasteiger partial charge in [0, 0.05) is 0 Å². The molecule has 0 spiro atoms. The maximum atomic E-state index is 5.44. The largest absolute Gasteiger partial charge is 0.493 e. The summed E-state index contributed by atoms with van der Waals surface area (Å²) in [4.78, 5) is 0. The Morgan fingerprint density at radius 2 is 2.36 bits per heavy atom. The molecule has 1 heteroatoms. The maximum absolute atomic E-state index is 5.44. The van der Waals surface area contributed by atoms with Crippen LogP contribution in [0, 0.1) is 0 Å². The normalized spacial score (nSPS) is 18.6. The van der Waals surface area contributed by atoms with Crippen molar-refractivity contribution in [2.24, 2.45) is 0 Å². The lowest BCUT2D eigenvalue weighted by Crippen LogP contribution is -2.03. The minimum atomic E-state index is 0.844. The van der Waals surface area contributed by atoms with E-state index in [2.05, 4.69) is 6.58 Å². The van der Waals surface area contributed by atoms with Crippen molar-refractivity contribution in [3.8, 4) is 0 Å². The van der Waals surface area contributed by atoms with Gasteiger partial charge in [-0.2, -0.15) is 0 Å². The van der Waals surface area contributed by atoms with Gasteiger partial charge in [-0.1, -0.05) is 18.7 Å². The van der Waals surface area contributed by atoms with Gasteiger partial charge in [-0.15, -0.1) is 0 Å². The Morgan fingerprint density at radius 3 is 3.00 bits per heavy atom. The summed E-state index contributed by atoms with van der Waals surface area (Å²) in [7, 11) is 0. The molecule has 11 heavy (non-hydrogen) atoms. The molecule has 0 aliphatic carbocycles. The van der Waals surface area contributed by atoms with Crippen LogP contribution in [0.5, 0.6) is 0 Å². The smallest absolute Gasteiger partial charge is 0.122 e. The van der Waals surface area contributed by atoms with E-state index in [0.29, 0.717) is 0 Å². The molecule has 0 radical (unpaired) electrons. The number of rotatable bonds is 2. The highest BCUT2D eigenvalue weighted by molar-refractivity contribution is 5.28. The fraction of sp³-hybridized carbons (Fsp3) is 0.400. The van der Waals surface area contributed by atoms with Crippen LogP contribution in [0.1, 0.15) is 19.8 Å². The summed E-state index contributed by atoms with van der Waals surface area (Å²) in [6.07, 6.45) is 8.08. The van der Waals surface area contributed by atoms with Crippen molar-refractivity contribution in [3.05, 3.63) is 36.1 Å². The molecule has 1 nitrogen and oxygen atoms in total. The van der Waals surface area contributed by atoms with E-state index < -0.39 is 0 Å². The summed E-state index contributed by atoms with van der Waals surface area (Å²) >= 11 is 0. The predicted octanol–water partition coefficient (Wildman–Crippen LogP) is 2.81. The highest BCUT2D eigenvalue weighted by Gasteiger charge is 2.07. The van der Waals surface area contributed by atoms with Gasteiger partial charge in [0.05, 0.1) is 6.61 Å². The third-order valence-electron chi connectivity index (χ3n) is 1.73. The Balaban J connectivity index is 2.81. The zero-order valence-corrected chi connectivity index (χ0v) is 6.97. The quantitative estimate of drug-likeness (QED) is 0.588. The first-order valence-corrected chi connectivity index (χ1v) is 3.99. The molecular weight excluding hydrogens is 136 g/mol. The lowest BCUT2D eigenvalue weighted by atomic mass is 10.1. The molecule has 0 unspecified atom stereocenters. The summed E-state index contributed by atoms with van der Waals surface area (Å²) in [5.74, 6) is 0.994. The van der Waals surface area contributed by atoms with Crippen molar-refractivity contribution in [2.75, 3.05) is 6.61 Å². The van der Waals surface area contributed by atoms with Crippen molar-refractivity contribution in [2.45, 2.75) is 19.8 Å². The first kappa shape index (κ1) is 8.12. The van der Waals surface area contributed by atoms with Crippen molar-refractivity contribution < 1.29 is 4.74 Å². The highest BCUT2D eigenvalue weighted by atomic mass is 16.5. The van der Waals surface area contributed by atoms with Crippen LogP contribution in [0.2, 0.25) is 0 Å². The second kappa shape index (κ2) is 4.02. The topological polar surface area (TPSA) is 9.23 Å². The summed E-state index contributed by atoms with van der Waals surface area (Å²) < 4.78 is 5.44. The molecule has 0 fully saturated rings. The Labute approximate surface area is 68.1 Å². The van der Waals surface area contributed by atoms with Gasteiger partial charge < -0.3 is 4.74 Å². The van der Waals surface area contributed by atoms with E-state index in [1.54, 1.807) is 0 Å². The minimum Gasteiger partial charge on any atom is -0.493 e. The maximum Gasteiger partial charge on any atom is 0.122 e. The van der Waals surface area contributed by atoms with Crippen LogP contribution in [-0.4, -0.2) is 6.61 Å². The van der Waals surface area contributed by atoms with Crippen LogP contribution in [-0.2, 0) is 4.74 Å². The number of hydrogen-bond donors (Lipinski definition) is 0. The van der Waals surface area contributed by atoms with Gasteiger partial charge in [-0.3, -0.25) is 0 Å². The van der Waals surface area contributed by atoms with E-state index in [-0.39, 0.29) is 0 Å². The van der Waals surface area contributed by atoms with Crippen molar-refractivity contribution in [1.29, 1.82) is 0 Å². The second-order valence-corrected chi connectivity index (χ2v) is 2.55. The number of allylic oxidation sites excluding steroid dienone is 4. The molecule has 60 valence electrons. The van der Waals surface area contributed by atoms with Crippen LogP contribution in [0.25, 0.3) is 0 Å². The predicted molar refractivity (Wildman–Crippen MR) is 47.2 cm³/mol. The van der Waals surface area contributed by atoms with Gasteiger partial charge >= 0.3 is 0 Å². The molecule has 0 aromatic heterocycles. The molecule has 1 rings (SSSR count). The van der Waals surface area contributed by atoms with E-state index in [1.807, 2.05) is 25.2 Å². The van der Waals surface area contributed by atoms with E-state index in [1.165, 1.54) is 5.57 Å². The molecule has 0 bridgehead atoms. The SMILES string of the molecule is C=CC1=C(/C=C\C)OCCC1. The third-order valence-corrected chi connectivity index (χ3v) is 1.73. The molecule has 0 aromatic carbocycles. The van der Waals surface area contributed by atoms with Crippen LogP contribution in [0.3, 0.4) is 0 Å². The molecule has 0 N–H and O–H groups in total. The molecule has 0 aromatic rings. The fourth-order valence-corrected chi connectivity index (χ4v) is 1.17. The van der Waals surface area contributed by atoms with Crippen LogP contribution >= 0.6 is 0 Å². The molecular formula is C10H14O. The minimum absolute atomic E-state index is 0.844. The Hall–Kier alpha value is -0.980. The van der Waals surface area contributed by atoms with E-state index in [9.17, 15) is 0 Å². The Kier molecular flexibility index (Phi) is 2.96. The van der Waals surface area contributed by atoms with Gasteiger partial charge in [-0.05, 0) is 31.4 Å². The standard InChI is InChI=1S/C10H14O/c1-3-6-10-9(4-2)7-5-8-11-10/h3-4,6H,2,5,7-8H2,1H3/b6-3-. The zero-order chi connectivity index (χ0) is 8.10. The van der Waals surface area contributed by atoms with Crippen LogP contribution < -0.4 is 0 Å². The van der Waals surface area contributed by atoms with Gasteiger partial charge in [0.15, 0.2) is 0 Å². The van der Waals surface area contributed by atoms with Gasteiger partial charge in [0.1, 0.15) is 5.76 Å². The first-order chi connectivity index (χ1) is 5.38. The van der Waals surface area contributed by atoms with Crippen molar-refractivity contribution in [1.82, 2.24) is 0 Å². The number of ether oxygens (including phenoxy) is 1. The lowest BCUT2D eigenvalue weighted by molar-refractivity contribution is 0.201. The van der Waals surface area contributed by atoms with E-state index in [4.69, 9.17) is 4.74 Å². The second-order valence-electron chi connectivity index (χ2n) is 2.55. The molecule has 1 aliphatic heterocycles. The van der Waals surface area contributed by atoms with Crippen molar-refractivity contribution >= 4 is 0 Å². The average Bonchev–Trinajstić information content (AvgIpc) is 2.06. The summed E-state index contributed by atoms with van der Waals surface area (Å²) in [6, 6.07) is 0. The molecule has 1 heterocycles. The summed E-state index contributed by atoms with van der Waals surface area (Å²) in [6.45, 7) is 6.58. The third kappa shape index (κ3) is 1.97. The fourth-order valence-electron chi connectivity index (χ4n) is 1.17. The van der Waals surface area contributed by atoms with Crippen molar-refractivity contribution in [3.63, 3.8) is 0 Å².